The van der Waals surface area contributed by atoms with E-state index in [-0.39, 0.29) is 6.10 Å². The van der Waals surface area contributed by atoms with Crippen LogP contribution >= 0.6 is 0 Å². The molecule has 0 aromatic heterocycles. The summed E-state index contributed by atoms with van der Waals surface area (Å²) in [6.07, 6.45) is -0.0783. The van der Waals surface area contributed by atoms with Crippen LogP contribution in [0.15, 0.2) is 36.4 Å². The predicted octanol–water partition coefficient (Wildman–Crippen LogP) is 2.52. The molecule has 2 aromatic carbocycles. The van der Waals surface area contributed by atoms with Crippen LogP contribution in [0, 0.1) is 0 Å². The largest absolute Gasteiger partial charge is 0.493 e. The SMILES string of the molecule is COc1cccc(OC)c1OCCNC[C@@H]1COc2c(OC)cccc2O1. The average molecular weight is 375 g/mol. The lowest BCUT2D eigenvalue weighted by Crippen LogP contribution is -2.39. The molecule has 7 heteroatoms. The average Bonchev–Trinajstić information content (AvgIpc) is 2.72. The fourth-order valence-electron chi connectivity index (χ4n) is 2.83. The van der Waals surface area contributed by atoms with Crippen LogP contribution in [-0.2, 0) is 0 Å². The molecular weight excluding hydrogens is 350 g/mol. The van der Waals surface area contributed by atoms with Crippen LogP contribution in [0.1, 0.15) is 0 Å². The second-order valence-corrected chi connectivity index (χ2v) is 5.88. The lowest BCUT2D eigenvalue weighted by molar-refractivity contribution is 0.0865. The minimum Gasteiger partial charge on any atom is -0.493 e. The smallest absolute Gasteiger partial charge is 0.203 e. The number of hydrogen-bond acceptors (Lipinski definition) is 7. The van der Waals surface area contributed by atoms with Gasteiger partial charge in [0, 0.05) is 13.1 Å². The Morgan fingerprint density at radius 2 is 1.63 bits per heavy atom. The van der Waals surface area contributed by atoms with Crippen LogP contribution in [0.2, 0.25) is 0 Å². The Kier molecular flexibility index (Phi) is 6.49. The maximum absolute atomic E-state index is 5.96. The van der Waals surface area contributed by atoms with Crippen molar-refractivity contribution in [3.8, 4) is 34.5 Å². The van der Waals surface area contributed by atoms with Gasteiger partial charge in [0.15, 0.2) is 23.0 Å². The van der Waals surface area contributed by atoms with Crippen molar-refractivity contribution >= 4 is 0 Å². The van der Waals surface area contributed by atoms with Gasteiger partial charge in [0.2, 0.25) is 11.5 Å². The lowest BCUT2D eigenvalue weighted by Gasteiger charge is -2.27. The molecule has 0 fully saturated rings. The van der Waals surface area contributed by atoms with Crippen molar-refractivity contribution in [2.24, 2.45) is 0 Å². The number of benzene rings is 2. The second kappa shape index (κ2) is 9.23. The molecule has 0 spiro atoms. The molecule has 1 aliphatic rings. The summed E-state index contributed by atoms with van der Waals surface area (Å²) < 4.78 is 33.5. The van der Waals surface area contributed by atoms with E-state index in [1.807, 2.05) is 36.4 Å². The Morgan fingerprint density at radius 3 is 2.33 bits per heavy atom. The van der Waals surface area contributed by atoms with Crippen molar-refractivity contribution in [1.82, 2.24) is 5.32 Å². The van der Waals surface area contributed by atoms with Crippen molar-refractivity contribution < 1.29 is 28.4 Å². The standard InChI is InChI=1S/C20H25NO6/c1-22-15-6-4-7-16(23-2)19(15)25-11-10-21-12-14-13-26-20-17(24-3)8-5-9-18(20)27-14/h4-9,14,21H,10-13H2,1-3H3/t14-/m1/s1. The number of para-hydroxylation sites is 2. The zero-order chi connectivity index (χ0) is 19.1. The van der Waals surface area contributed by atoms with Crippen molar-refractivity contribution in [2.45, 2.75) is 6.10 Å². The highest BCUT2D eigenvalue weighted by atomic mass is 16.6. The van der Waals surface area contributed by atoms with Gasteiger partial charge >= 0.3 is 0 Å². The lowest BCUT2D eigenvalue weighted by atomic mass is 10.2. The minimum absolute atomic E-state index is 0.0783. The van der Waals surface area contributed by atoms with Gasteiger partial charge in [0.25, 0.3) is 0 Å². The van der Waals surface area contributed by atoms with E-state index in [9.17, 15) is 0 Å². The molecule has 0 amide bonds. The number of fused-ring (bicyclic) bond motifs is 1. The molecule has 1 heterocycles. The molecule has 1 aliphatic heterocycles. The third kappa shape index (κ3) is 4.49. The molecule has 0 aliphatic carbocycles. The fourth-order valence-corrected chi connectivity index (χ4v) is 2.83. The molecule has 0 bridgehead atoms. The number of hydrogen-bond donors (Lipinski definition) is 1. The Labute approximate surface area is 159 Å². The number of nitrogens with one attached hydrogen (secondary N) is 1. The summed E-state index contributed by atoms with van der Waals surface area (Å²) in [5.41, 5.74) is 0. The summed E-state index contributed by atoms with van der Waals surface area (Å²) in [7, 11) is 4.82. The topological polar surface area (TPSA) is 67.4 Å². The van der Waals surface area contributed by atoms with Gasteiger partial charge in [-0.15, -0.1) is 0 Å². The summed E-state index contributed by atoms with van der Waals surface area (Å²) in [6, 6.07) is 11.1. The highest BCUT2D eigenvalue weighted by molar-refractivity contribution is 5.52. The maximum atomic E-state index is 5.96. The van der Waals surface area contributed by atoms with E-state index in [0.717, 1.165) is 0 Å². The summed E-state index contributed by atoms with van der Waals surface area (Å²) in [5.74, 6) is 3.92. The zero-order valence-corrected chi connectivity index (χ0v) is 15.8. The molecule has 1 atom stereocenters. The molecule has 0 saturated carbocycles. The van der Waals surface area contributed by atoms with Gasteiger partial charge in [0.1, 0.15) is 19.3 Å². The normalized spacial score (nSPS) is 15.1. The first kappa shape index (κ1) is 19.0. The summed E-state index contributed by atoms with van der Waals surface area (Å²) >= 11 is 0. The van der Waals surface area contributed by atoms with Crippen molar-refractivity contribution in [3.05, 3.63) is 36.4 Å². The van der Waals surface area contributed by atoms with Gasteiger partial charge in [-0.1, -0.05) is 12.1 Å². The number of rotatable bonds is 9. The fraction of sp³-hybridized carbons (Fsp3) is 0.400. The van der Waals surface area contributed by atoms with Crippen molar-refractivity contribution in [1.29, 1.82) is 0 Å². The zero-order valence-electron chi connectivity index (χ0n) is 15.8. The summed E-state index contributed by atoms with van der Waals surface area (Å²) in [4.78, 5) is 0. The van der Waals surface area contributed by atoms with Crippen LogP contribution in [0.5, 0.6) is 34.5 Å². The first-order valence-corrected chi connectivity index (χ1v) is 8.77. The van der Waals surface area contributed by atoms with E-state index in [0.29, 0.717) is 60.8 Å². The quantitative estimate of drug-likeness (QED) is 0.676. The first-order chi connectivity index (χ1) is 13.3. The second-order valence-electron chi connectivity index (χ2n) is 5.88. The van der Waals surface area contributed by atoms with Crippen LogP contribution in [0.25, 0.3) is 0 Å². The van der Waals surface area contributed by atoms with Crippen LogP contribution < -0.4 is 33.7 Å². The number of ether oxygens (including phenoxy) is 6. The van der Waals surface area contributed by atoms with Crippen LogP contribution in [-0.4, -0.2) is 53.7 Å². The molecule has 0 unspecified atom stereocenters. The highest BCUT2D eigenvalue weighted by Gasteiger charge is 2.23. The number of methoxy groups -OCH3 is 3. The Hall–Kier alpha value is -2.80. The third-order valence-electron chi connectivity index (χ3n) is 4.15. The molecule has 7 nitrogen and oxygen atoms in total. The molecule has 1 N–H and O–H groups in total. The molecule has 0 radical (unpaired) electrons. The minimum atomic E-state index is -0.0783. The Balaban J connectivity index is 1.45. The van der Waals surface area contributed by atoms with Crippen molar-refractivity contribution in [3.63, 3.8) is 0 Å². The first-order valence-electron chi connectivity index (χ1n) is 8.77. The van der Waals surface area contributed by atoms with Crippen molar-refractivity contribution in [2.75, 3.05) is 47.6 Å². The molecular formula is C20H25NO6. The molecule has 146 valence electrons. The van der Waals surface area contributed by atoms with Gasteiger partial charge < -0.3 is 33.7 Å². The monoisotopic (exact) mass is 375 g/mol. The van der Waals surface area contributed by atoms with E-state index in [1.54, 1.807) is 21.3 Å². The van der Waals surface area contributed by atoms with E-state index in [4.69, 9.17) is 28.4 Å². The van der Waals surface area contributed by atoms with Gasteiger partial charge in [0.05, 0.1) is 21.3 Å². The molecule has 2 aromatic rings. The maximum Gasteiger partial charge on any atom is 0.203 e. The summed E-state index contributed by atoms with van der Waals surface area (Å²) in [6.45, 7) is 2.21. The third-order valence-corrected chi connectivity index (χ3v) is 4.15. The van der Waals surface area contributed by atoms with Gasteiger partial charge in [-0.25, -0.2) is 0 Å². The van der Waals surface area contributed by atoms with Crippen LogP contribution in [0.3, 0.4) is 0 Å². The summed E-state index contributed by atoms with van der Waals surface area (Å²) in [5, 5.41) is 3.32. The molecule has 27 heavy (non-hydrogen) atoms. The van der Waals surface area contributed by atoms with E-state index >= 15 is 0 Å². The Bertz CT molecular complexity index is 729. The van der Waals surface area contributed by atoms with Crippen LogP contribution in [0.4, 0.5) is 0 Å². The van der Waals surface area contributed by atoms with Gasteiger partial charge in [-0.2, -0.15) is 0 Å². The van der Waals surface area contributed by atoms with Gasteiger partial charge in [-0.3, -0.25) is 0 Å². The highest BCUT2D eigenvalue weighted by Crippen LogP contribution is 2.40. The van der Waals surface area contributed by atoms with E-state index < -0.39 is 0 Å². The van der Waals surface area contributed by atoms with Gasteiger partial charge in [-0.05, 0) is 24.3 Å². The van der Waals surface area contributed by atoms with E-state index in [2.05, 4.69) is 5.32 Å². The van der Waals surface area contributed by atoms with E-state index in [1.165, 1.54) is 0 Å². The molecule has 3 rings (SSSR count). The Morgan fingerprint density at radius 1 is 0.963 bits per heavy atom. The molecule has 0 saturated heterocycles. The predicted molar refractivity (Wildman–Crippen MR) is 101 cm³/mol.